The van der Waals surface area contributed by atoms with E-state index in [9.17, 15) is 14.7 Å². The number of hydrogen-bond donors (Lipinski definition) is 1. The van der Waals surface area contributed by atoms with Gasteiger partial charge in [0.25, 0.3) is 0 Å². The summed E-state index contributed by atoms with van der Waals surface area (Å²) >= 11 is 0. The summed E-state index contributed by atoms with van der Waals surface area (Å²) in [6, 6.07) is 5.54. The summed E-state index contributed by atoms with van der Waals surface area (Å²) in [6.07, 6.45) is 2.94. The largest absolute Gasteiger partial charge is 0.550 e. The van der Waals surface area contributed by atoms with E-state index < -0.39 is 30.0 Å². The van der Waals surface area contributed by atoms with E-state index >= 15 is 0 Å². The van der Waals surface area contributed by atoms with Crippen LogP contribution in [0.25, 0.3) is 0 Å². The Morgan fingerprint density at radius 2 is 1.80 bits per heavy atom. The number of hydrogen-bond acceptors (Lipinski definition) is 6. The van der Waals surface area contributed by atoms with E-state index in [0.29, 0.717) is 24.5 Å². The monoisotopic (exact) mass is 346 g/mol. The predicted molar refractivity (Wildman–Crippen MR) is 86.0 cm³/mol. The molecule has 3 rings (SSSR count). The Balaban J connectivity index is 1.58. The van der Waals surface area contributed by atoms with Crippen molar-refractivity contribution in [2.45, 2.75) is 18.6 Å². The second kappa shape index (κ2) is 7.14. The molecular formula is C18H20NO6-. The molecule has 0 saturated carbocycles. The fourth-order valence-corrected chi connectivity index (χ4v) is 3.39. The zero-order valence-corrected chi connectivity index (χ0v) is 14.1. The molecule has 0 aliphatic carbocycles. The van der Waals surface area contributed by atoms with Crippen LogP contribution >= 0.6 is 0 Å². The summed E-state index contributed by atoms with van der Waals surface area (Å²) in [6.45, 7) is 0.381. The van der Waals surface area contributed by atoms with Crippen LogP contribution < -0.4 is 19.9 Å². The molecular weight excluding hydrogens is 326 g/mol. The van der Waals surface area contributed by atoms with Crippen molar-refractivity contribution >= 4 is 11.9 Å². The molecule has 134 valence electrons. The minimum Gasteiger partial charge on any atom is -0.550 e. The molecule has 1 N–H and O–H groups in total. The van der Waals surface area contributed by atoms with Gasteiger partial charge >= 0.3 is 0 Å². The van der Waals surface area contributed by atoms with Gasteiger partial charge in [-0.15, -0.1) is 0 Å². The number of ether oxygens (including phenoxy) is 3. The predicted octanol–water partition coefficient (Wildman–Crippen LogP) is -0.318. The van der Waals surface area contributed by atoms with Crippen LogP contribution in [0.1, 0.15) is 5.56 Å². The standard InChI is InChI=1S/C18H21NO6/c1-23-11-4-3-10(9-14(11)24-2)7-8-19-17(20)15-12-5-6-13(25-12)16(15)18(21)22/h3-6,9,12-13,15-16H,7-8H2,1-2H3,(H,19,20)(H,21,22)/p-1. The summed E-state index contributed by atoms with van der Waals surface area (Å²) in [5.41, 5.74) is 0.971. The molecule has 25 heavy (non-hydrogen) atoms. The van der Waals surface area contributed by atoms with Gasteiger partial charge in [0.05, 0.1) is 32.3 Å². The topological polar surface area (TPSA) is 96.9 Å². The molecule has 0 spiro atoms. The lowest BCUT2D eigenvalue weighted by molar-refractivity contribution is -0.313. The lowest BCUT2D eigenvalue weighted by atomic mass is 9.82. The first-order chi connectivity index (χ1) is 12.0. The van der Waals surface area contributed by atoms with Gasteiger partial charge in [0, 0.05) is 18.4 Å². The highest BCUT2D eigenvalue weighted by atomic mass is 16.5. The third kappa shape index (κ3) is 3.32. The lowest BCUT2D eigenvalue weighted by Crippen LogP contribution is -2.47. The van der Waals surface area contributed by atoms with Gasteiger partial charge in [-0.1, -0.05) is 18.2 Å². The number of benzene rings is 1. The molecule has 2 heterocycles. The number of amides is 1. The first kappa shape index (κ1) is 17.3. The normalized spacial score (nSPS) is 26.5. The van der Waals surface area contributed by atoms with Crippen molar-refractivity contribution < 1.29 is 28.9 Å². The number of nitrogens with one attached hydrogen (secondary N) is 1. The molecule has 0 radical (unpaired) electrons. The number of carbonyl (C=O) groups is 2. The molecule has 1 fully saturated rings. The Labute approximate surface area is 145 Å². The fourth-order valence-electron chi connectivity index (χ4n) is 3.39. The van der Waals surface area contributed by atoms with Crippen molar-refractivity contribution in [2.24, 2.45) is 11.8 Å². The Morgan fingerprint density at radius 3 is 2.44 bits per heavy atom. The maximum Gasteiger partial charge on any atom is 0.226 e. The summed E-state index contributed by atoms with van der Waals surface area (Å²) in [5.74, 6) is -2.00. The molecule has 2 bridgehead atoms. The van der Waals surface area contributed by atoms with Crippen molar-refractivity contribution in [2.75, 3.05) is 20.8 Å². The molecule has 0 aromatic heterocycles. The average molecular weight is 346 g/mol. The summed E-state index contributed by atoms with van der Waals surface area (Å²) in [5, 5.41) is 14.1. The van der Waals surface area contributed by atoms with E-state index in [4.69, 9.17) is 14.2 Å². The minimum atomic E-state index is -1.25. The highest BCUT2D eigenvalue weighted by molar-refractivity contribution is 5.86. The van der Waals surface area contributed by atoms with Crippen LogP contribution in [0.3, 0.4) is 0 Å². The van der Waals surface area contributed by atoms with Crippen molar-refractivity contribution in [3.63, 3.8) is 0 Å². The zero-order valence-electron chi connectivity index (χ0n) is 14.1. The van der Waals surface area contributed by atoms with Gasteiger partial charge < -0.3 is 29.4 Å². The van der Waals surface area contributed by atoms with Crippen LogP contribution in [0, 0.1) is 11.8 Å². The maximum atomic E-state index is 12.4. The Hall–Kier alpha value is -2.54. The van der Waals surface area contributed by atoms with Gasteiger partial charge in [-0.3, -0.25) is 4.79 Å². The number of methoxy groups -OCH3 is 2. The lowest BCUT2D eigenvalue weighted by Gasteiger charge is -2.25. The zero-order chi connectivity index (χ0) is 18.0. The van der Waals surface area contributed by atoms with Crippen LogP contribution in [0.5, 0.6) is 11.5 Å². The van der Waals surface area contributed by atoms with Crippen LogP contribution in [-0.2, 0) is 20.7 Å². The van der Waals surface area contributed by atoms with Gasteiger partial charge in [0.15, 0.2) is 11.5 Å². The van der Waals surface area contributed by atoms with Crippen LogP contribution in [0.15, 0.2) is 30.4 Å². The van der Waals surface area contributed by atoms with Gasteiger partial charge in [-0.2, -0.15) is 0 Å². The van der Waals surface area contributed by atoms with E-state index in [1.54, 1.807) is 32.4 Å². The SMILES string of the molecule is COc1ccc(CCNC(=O)C2C3C=CC(O3)C2C(=O)[O-])cc1OC. The molecule has 4 atom stereocenters. The van der Waals surface area contributed by atoms with E-state index in [1.807, 2.05) is 12.1 Å². The Morgan fingerprint density at radius 1 is 1.12 bits per heavy atom. The van der Waals surface area contributed by atoms with Gasteiger partial charge in [0.1, 0.15) is 0 Å². The third-order valence-corrected chi connectivity index (χ3v) is 4.64. The van der Waals surface area contributed by atoms with Crippen molar-refractivity contribution in [1.82, 2.24) is 5.32 Å². The summed E-state index contributed by atoms with van der Waals surface area (Å²) < 4.78 is 15.9. The number of fused-ring (bicyclic) bond motifs is 2. The average Bonchev–Trinajstić information content (AvgIpc) is 3.22. The first-order valence-corrected chi connectivity index (χ1v) is 8.08. The van der Waals surface area contributed by atoms with Crippen molar-refractivity contribution in [1.29, 1.82) is 0 Å². The molecule has 7 heteroatoms. The molecule has 2 aliphatic rings. The Kier molecular flexibility index (Phi) is 4.94. The second-order valence-corrected chi connectivity index (χ2v) is 6.05. The van der Waals surface area contributed by atoms with Crippen LogP contribution in [0.2, 0.25) is 0 Å². The Bertz CT molecular complexity index is 701. The van der Waals surface area contributed by atoms with E-state index in [2.05, 4.69) is 5.32 Å². The molecule has 1 aromatic carbocycles. The van der Waals surface area contributed by atoms with Crippen molar-refractivity contribution in [3.8, 4) is 11.5 Å². The maximum absolute atomic E-state index is 12.4. The molecule has 1 saturated heterocycles. The smallest absolute Gasteiger partial charge is 0.226 e. The van der Waals surface area contributed by atoms with Gasteiger partial charge in [0.2, 0.25) is 5.91 Å². The first-order valence-electron chi connectivity index (χ1n) is 8.08. The van der Waals surface area contributed by atoms with Crippen LogP contribution in [0.4, 0.5) is 0 Å². The highest BCUT2D eigenvalue weighted by Crippen LogP contribution is 2.38. The number of carboxylic acid groups (broad SMARTS) is 1. The number of aliphatic carboxylic acids is 1. The van der Waals surface area contributed by atoms with E-state index in [-0.39, 0.29) is 5.91 Å². The summed E-state index contributed by atoms with van der Waals surface area (Å²) in [4.78, 5) is 23.7. The molecule has 4 unspecified atom stereocenters. The van der Waals surface area contributed by atoms with Gasteiger partial charge in [-0.25, -0.2) is 0 Å². The quantitative estimate of drug-likeness (QED) is 0.680. The number of rotatable bonds is 7. The third-order valence-electron chi connectivity index (χ3n) is 4.64. The van der Waals surface area contributed by atoms with Crippen LogP contribution in [-0.4, -0.2) is 44.8 Å². The van der Waals surface area contributed by atoms with E-state index in [0.717, 1.165) is 5.56 Å². The molecule has 7 nitrogen and oxygen atoms in total. The molecule has 1 aromatic rings. The summed E-state index contributed by atoms with van der Waals surface area (Å²) in [7, 11) is 3.13. The highest BCUT2D eigenvalue weighted by Gasteiger charge is 2.50. The minimum absolute atomic E-state index is 0.327. The second-order valence-electron chi connectivity index (χ2n) is 6.05. The number of carbonyl (C=O) groups excluding carboxylic acids is 2. The molecule has 2 aliphatic heterocycles. The number of carboxylic acids is 1. The van der Waals surface area contributed by atoms with E-state index in [1.165, 1.54) is 0 Å². The fraction of sp³-hybridized carbons (Fsp3) is 0.444. The van der Waals surface area contributed by atoms with Gasteiger partial charge in [-0.05, 0) is 24.1 Å². The van der Waals surface area contributed by atoms with Crippen molar-refractivity contribution in [3.05, 3.63) is 35.9 Å². The molecule has 1 amide bonds.